The van der Waals surface area contributed by atoms with Crippen LogP contribution in [0.5, 0.6) is 5.75 Å². The maximum Gasteiger partial charge on any atom is 0.321 e. The van der Waals surface area contributed by atoms with Crippen LogP contribution in [0.25, 0.3) is 0 Å². The first-order valence-corrected chi connectivity index (χ1v) is 10.00. The number of likely N-dealkylation sites (tertiary alicyclic amines) is 1. The minimum atomic E-state index is -0.763. The van der Waals surface area contributed by atoms with Gasteiger partial charge >= 0.3 is 17.8 Å². The molecule has 0 unspecified atom stereocenters. The van der Waals surface area contributed by atoms with Crippen molar-refractivity contribution in [2.45, 2.75) is 12.8 Å². The highest BCUT2D eigenvalue weighted by molar-refractivity contribution is 6.39. The van der Waals surface area contributed by atoms with E-state index < -0.39 is 11.8 Å². The first-order valence-electron chi connectivity index (χ1n) is 10.00. The van der Waals surface area contributed by atoms with Gasteiger partial charge in [-0.1, -0.05) is 12.1 Å². The quantitative estimate of drug-likeness (QED) is 0.638. The van der Waals surface area contributed by atoms with Gasteiger partial charge in [-0.05, 0) is 55.2 Å². The van der Waals surface area contributed by atoms with E-state index in [-0.39, 0.29) is 17.8 Å². The number of benzene rings is 2. The summed E-state index contributed by atoms with van der Waals surface area (Å²) in [4.78, 5) is 38.3. The van der Waals surface area contributed by atoms with Crippen molar-refractivity contribution in [2.75, 3.05) is 37.4 Å². The Morgan fingerprint density at radius 3 is 2.35 bits per heavy atom. The van der Waals surface area contributed by atoms with Crippen LogP contribution in [-0.2, 0) is 9.59 Å². The minimum Gasteiger partial charge on any atom is -0.495 e. The number of anilines is 2. The predicted molar refractivity (Wildman–Crippen MR) is 114 cm³/mol. The van der Waals surface area contributed by atoms with E-state index in [1.165, 1.54) is 31.4 Å². The van der Waals surface area contributed by atoms with Crippen molar-refractivity contribution in [1.29, 1.82) is 0 Å². The van der Waals surface area contributed by atoms with Crippen LogP contribution in [0.2, 0.25) is 0 Å². The zero-order valence-electron chi connectivity index (χ0n) is 17.2. The van der Waals surface area contributed by atoms with Gasteiger partial charge in [-0.2, -0.15) is 0 Å². The number of ether oxygens (including phenoxy) is 1. The van der Waals surface area contributed by atoms with E-state index in [0.29, 0.717) is 49.6 Å². The van der Waals surface area contributed by atoms with Gasteiger partial charge in [0.05, 0.1) is 12.8 Å². The topological polar surface area (TPSA) is 99.8 Å². The van der Waals surface area contributed by atoms with Crippen LogP contribution >= 0.6 is 0 Å². The van der Waals surface area contributed by atoms with E-state index in [1.54, 1.807) is 29.2 Å². The smallest absolute Gasteiger partial charge is 0.321 e. The lowest BCUT2D eigenvalue weighted by atomic mass is 9.97. The number of halogens is 1. The molecule has 0 atom stereocenters. The number of amides is 4. The molecule has 1 aliphatic heterocycles. The molecule has 0 aromatic heterocycles. The van der Waals surface area contributed by atoms with Crippen LogP contribution < -0.4 is 20.7 Å². The maximum absolute atomic E-state index is 13.0. The Bertz CT molecular complexity index is 927. The number of carbonyl (C=O) groups is 3. The van der Waals surface area contributed by atoms with Crippen LogP contribution in [0.4, 0.5) is 20.6 Å². The number of hydrogen-bond donors (Lipinski definition) is 3. The van der Waals surface area contributed by atoms with Crippen LogP contribution in [0.15, 0.2) is 48.5 Å². The summed E-state index contributed by atoms with van der Waals surface area (Å²) in [6.45, 7) is 1.41. The van der Waals surface area contributed by atoms with Crippen molar-refractivity contribution in [2.24, 2.45) is 5.92 Å². The molecule has 1 fully saturated rings. The Labute approximate surface area is 179 Å². The number of carbonyl (C=O) groups excluding carboxylic acids is 3. The van der Waals surface area contributed by atoms with Gasteiger partial charge in [-0.25, -0.2) is 9.18 Å². The fraction of sp³-hybridized carbons (Fsp3) is 0.318. The molecule has 3 rings (SSSR count). The van der Waals surface area contributed by atoms with Crippen molar-refractivity contribution in [3.05, 3.63) is 54.3 Å². The highest BCUT2D eigenvalue weighted by Gasteiger charge is 2.24. The third-order valence-electron chi connectivity index (χ3n) is 5.11. The first-order chi connectivity index (χ1) is 15.0. The SMILES string of the molecule is COc1ccccc1NC(=O)C(=O)NCC1CCN(C(=O)Nc2ccc(F)cc2)CC1. The van der Waals surface area contributed by atoms with Gasteiger partial charge < -0.3 is 25.6 Å². The van der Waals surface area contributed by atoms with Gasteiger partial charge in [0, 0.05) is 25.3 Å². The normalized spacial score (nSPS) is 13.9. The number of piperidine rings is 1. The van der Waals surface area contributed by atoms with Gasteiger partial charge in [0.2, 0.25) is 0 Å². The number of methoxy groups -OCH3 is 1. The standard InChI is InChI=1S/C22H25FN4O4/c1-31-19-5-3-2-4-18(19)26-21(29)20(28)24-14-15-10-12-27(13-11-15)22(30)25-17-8-6-16(23)7-9-17/h2-9,15H,10-14H2,1H3,(H,24,28)(H,25,30)(H,26,29). The fourth-order valence-corrected chi connectivity index (χ4v) is 3.32. The summed E-state index contributed by atoms with van der Waals surface area (Å²) in [7, 11) is 1.48. The highest BCUT2D eigenvalue weighted by Crippen LogP contribution is 2.23. The van der Waals surface area contributed by atoms with Crippen LogP contribution in [0.3, 0.4) is 0 Å². The second kappa shape index (κ2) is 10.4. The average Bonchev–Trinajstić information content (AvgIpc) is 2.79. The molecule has 0 spiro atoms. The zero-order valence-corrected chi connectivity index (χ0v) is 17.2. The molecule has 0 aliphatic carbocycles. The minimum absolute atomic E-state index is 0.165. The molecule has 1 heterocycles. The molecule has 2 aromatic carbocycles. The Hall–Kier alpha value is -3.62. The third-order valence-corrected chi connectivity index (χ3v) is 5.11. The zero-order chi connectivity index (χ0) is 22.2. The average molecular weight is 428 g/mol. The lowest BCUT2D eigenvalue weighted by Gasteiger charge is -2.32. The molecule has 4 amide bonds. The summed E-state index contributed by atoms with van der Waals surface area (Å²) in [6.07, 6.45) is 1.40. The molecular weight excluding hydrogens is 403 g/mol. The molecule has 1 saturated heterocycles. The van der Waals surface area contributed by atoms with E-state index in [2.05, 4.69) is 16.0 Å². The number of nitrogens with one attached hydrogen (secondary N) is 3. The second-order valence-electron chi connectivity index (χ2n) is 7.23. The fourth-order valence-electron chi connectivity index (χ4n) is 3.32. The molecule has 1 aliphatic rings. The molecular formula is C22H25FN4O4. The van der Waals surface area contributed by atoms with Gasteiger partial charge in [0.15, 0.2) is 0 Å². The summed E-state index contributed by atoms with van der Waals surface area (Å²) in [5, 5.41) is 7.93. The van der Waals surface area contributed by atoms with E-state index in [4.69, 9.17) is 4.74 Å². The van der Waals surface area contributed by atoms with Crippen molar-refractivity contribution < 1.29 is 23.5 Å². The van der Waals surface area contributed by atoms with E-state index >= 15 is 0 Å². The molecule has 0 radical (unpaired) electrons. The van der Waals surface area contributed by atoms with E-state index in [9.17, 15) is 18.8 Å². The summed E-state index contributed by atoms with van der Waals surface area (Å²) in [5.41, 5.74) is 0.951. The summed E-state index contributed by atoms with van der Waals surface area (Å²) >= 11 is 0. The van der Waals surface area contributed by atoms with Crippen molar-refractivity contribution >= 4 is 29.2 Å². The maximum atomic E-state index is 13.0. The molecule has 8 nitrogen and oxygen atoms in total. The molecule has 2 aromatic rings. The van der Waals surface area contributed by atoms with Crippen molar-refractivity contribution in [1.82, 2.24) is 10.2 Å². The number of nitrogens with zero attached hydrogens (tertiary/aromatic N) is 1. The molecule has 164 valence electrons. The number of rotatable bonds is 5. The predicted octanol–water partition coefficient (Wildman–Crippen LogP) is 2.83. The molecule has 0 saturated carbocycles. The summed E-state index contributed by atoms with van der Waals surface area (Å²) < 4.78 is 18.1. The Kier molecular flexibility index (Phi) is 7.42. The van der Waals surface area contributed by atoms with Gasteiger partial charge in [0.1, 0.15) is 11.6 Å². The highest BCUT2D eigenvalue weighted by atomic mass is 19.1. The van der Waals surface area contributed by atoms with E-state index in [0.717, 1.165) is 0 Å². The van der Waals surface area contributed by atoms with E-state index in [1.807, 2.05) is 0 Å². The molecule has 31 heavy (non-hydrogen) atoms. The van der Waals surface area contributed by atoms with Crippen LogP contribution in [0, 0.1) is 11.7 Å². The molecule has 9 heteroatoms. The van der Waals surface area contributed by atoms with Crippen molar-refractivity contribution in [3.8, 4) is 5.75 Å². The lowest BCUT2D eigenvalue weighted by Crippen LogP contribution is -2.44. The van der Waals surface area contributed by atoms with Gasteiger partial charge in [-0.15, -0.1) is 0 Å². The lowest BCUT2D eigenvalue weighted by molar-refractivity contribution is -0.136. The Morgan fingerprint density at radius 2 is 1.68 bits per heavy atom. The second-order valence-corrected chi connectivity index (χ2v) is 7.23. The van der Waals surface area contributed by atoms with Gasteiger partial charge in [0.25, 0.3) is 0 Å². The molecule has 0 bridgehead atoms. The Morgan fingerprint density at radius 1 is 1.00 bits per heavy atom. The van der Waals surface area contributed by atoms with Gasteiger partial charge in [-0.3, -0.25) is 9.59 Å². The molecule has 3 N–H and O–H groups in total. The Balaban J connectivity index is 1.40. The largest absolute Gasteiger partial charge is 0.495 e. The van der Waals surface area contributed by atoms with Crippen LogP contribution in [-0.4, -0.2) is 49.5 Å². The number of urea groups is 1. The summed E-state index contributed by atoms with van der Waals surface area (Å²) in [6, 6.07) is 12.2. The van der Waals surface area contributed by atoms with Crippen LogP contribution in [0.1, 0.15) is 12.8 Å². The van der Waals surface area contributed by atoms with Crippen molar-refractivity contribution in [3.63, 3.8) is 0 Å². The summed E-state index contributed by atoms with van der Waals surface area (Å²) in [5.74, 6) is -1.21. The third kappa shape index (κ3) is 6.18. The number of hydrogen-bond acceptors (Lipinski definition) is 4. The number of para-hydroxylation sites is 2. The first kappa shape index (κ1) is 22.1. The monoisotopic (exact) mass is 428 g/mol.